The summed E-state index contributed by atoms with van der Waals surface area (Å²) in [7, 11) is 1.65. The Hall–Kier alpha value is -3.23. The predicted molar refractivity (Wildman–Crippen MR) is 118 cm³/mol. The van der Waals surface area contributed by atoms with Crippen molar-refractivity contribution < 1.29 is 14.2 Å². The Morgan fingerprint density at radius 1 is 1.06 bits per heavy atom. The van der Waals surface area contributed by atoms with E-state index in [-0.39, 0.29) is 6.79 Å². The van der Waals surface area contributed by atoms with Gasteiger partial charge in [-0.2, -0.15) is 0 Å². The van der Waals surface area contributed by atoms with Gasteiger partial charge in [0, 0.05) is 29.4 Å². The SMILES string of the molecule is COc1ccc(-n2c(SCc3cc(Cl)c4c(c3)OCO4)nnc2-c2ccncc2)cc1. The van der Waals surface area contributed by atoms with Crippen LogP contribution in [0.25, 0.3) is 17.1 Å². The number of ether oxygens (including phenoxy) is 3. The van der Waals surface area contributed by atoms with Crippen LogP contribution >= 0.6 is 23.4 Å². The van der Waals surface area contributed by atoms with Crippen LogP contribution in [0.2, 0.25) is 5.02 Å². The molecule has 0 unspecified atom stereocenters. The lowest BCUT2D eigenvalue weighted by molar-refractivity contribution is 0.174. The Bertz CT molecular complexity index is 1220. The van der Waals surface area contributed by atoms with Crippen molar-refractivity contribution in [2.45, 2.75) is 10.9 Å². The zero-order valence-corrected chi connectivity index (χ0v) is 18.1. The summed E-state index contributed by atoms with van der Waals surface area (Å²) in [6, 6.07) is 15.4. The molecule has 0 fully saturated rings. The van der Waals surface area contributed by atoms with Crippen LogP contribution in [0.1, 0.15) is 5.56 Å². The first-order valence-electron chi connectivity index (χ1n) is 9.44. The van der Waals surface area contributed by atoms with E-state index in [1.807, 2.05) is 53.1 Å². The fourth-order valence-electron chi connectivity index (χ4n) is 3.27. The monoisotopic (exact) mass is 452 g/mol. The molecule has 5 rings (SSSR count). The summed E-state index contributed by atoms with van der Waals surface area (Å²) in [5.41, 5.74) is 2.87. The van der Waals surface area contributed by atoms with Gasteiger partial charge in [0.05, 0.1) is 12.1 Å². The summed E-state index contributed by atoms with van der Waals surface area (Å²) in [4.78, 5) is 4.10. The highest BCUT2D eigenvalue weighted by atomic mass is 35.5. The lowest BCUT2D eigenvalue weighted by Gasteiger charge is -2.11. The Balaban J connectivity index is 1.50. The predicted octanol–water partition coefficient (Wildman–Crippen LogP) is 5.01. The second-order valence-corrected chi connectivity index (χ2v) is 8.03. The van der Waals surface area contributed by atoms with Gasteiger partial charge < -0.3 is 14.2 Å². The van der Waals surface area contributed by atoms with Gasteiger partial charge >= 0.3 is 0 Å². The quantitative estimate of drug-likeness (QED) is 0.380. The maximum atomic E-state index is 6.33. The number of fused-ring (bicyclic) bond motifs is 1. The smallest absolute Gasteiger partial charge is 0.231 e. The average molecular weight is 453 g/mol. The summed E-state index contributed by atoms with van der Waals surface area (Å²) in [5, 5.41) is 10.2. The second-order valence-electron chi connectivity index (χ2n) is 6.68. The molecule has 0 aliphatic carbocycles. The minimum atomic E-state index is 0.187. The van der Waals surface area contributed by atoms with Gasteiger partial charge in [0.1, 0.15) is 5.75 Å². The molecule has 3 heterocycles. The first-order valence-corrected chi connectivity index (χ1v) is 10.8. The molecule has 0 amide bonds. The van der Waals surface area contributed by atoms with E-state index in [1.165, 1.54) is 0 Å². The molecule has 0 atom stereocenters. The molecule has 9 heteroatoms. The van der Waals surface area contributed by atoms with Gasteiger partial charge in [0.2, 0.25) is 6.79 Å². The van der Waals surface area contributed by atoms with Crippen LogP contribution in [0, 0.1) is 0 Å². The van der Waals surface area contributed by atoms with Crippen molar-refractivity contribution in [3.63, 3.8) is 0 Å². The first-order chi connectivity index (χ1) is 15.2. The van der Waals surface area contributed by atoms with Gasteiger partial charge in [-0.3, -0.25) is 9.55 Å². The summed E-state index contributed by atoms with van der Waals surface area (Å²) in [6.07, 6.45) is 3.48. The van der Waals surface area contributed by atoms with Gasteiger partial charge in [-0.05, 0) is 54.1 Å². The van der Waals surface area contributed by atoms with E-state index in [0.717, 1.165) is 33.5 Å². The highest BCUT2D eigenvalue weighted by Crippen LogP contribution is 2.41. The number of rotatable bonds is 6. The molecule has 2 aromatic heterocycles. The number of methoxy groups -OCH3 is 1. The molecule has 0 saturated carbocycles. The van der Waals surface area contributed by atoms with Gasteiger partial charge in [-0.1, -0.05) is 23.4 Å². The number of nitrogens with zero attached hydrogens (tertiary/aromatic N) is 4. The molecule has 7 nitrogen and oxygen atoms in total. The van der Waals surface area contributed by atoms with Crippen molar-refractivity contribution in [1.29, 1.82) is 0 Å². The van der Waals surface area contributed by atoms with Crippen LogP contribution in [0.3, 0.4) is 0 Å². The zero-order chi connectivity index (χ0) is 21.2. The standard InChI is InChI=1S/C22H17ClN4O3S/c1-28-17-4-2-16(3-5-17)27-21(15-6-8-24-9-7-15)25-26-22(27)31-12-14-10-18(23)20-19(11-14)29-13-30-20/h2-11H,12-13H2,1H3. The zero-order valence-electron chi connectivity index (χ0n) is 16.5. The molecule has 0 saturated heterocycles. The number of hydrogen-bond donors (Lipinski definition) is 0. The van der Waals surface area contributed by atoms with Crippen LogP contribution in [-0.4, -0.2) is 33.7 Å². The first kappa shape index (κ1) is 19.7. The average Bonchev–Trinajstić information content (AvgIpc) is 3.46. The number of halogens is 1. The van der Waals surface area contributed by atoms with Crippen molar-refractivity contribution in [1.82, 2.24) is 19.7 Å². The van der Waals surface area contributed by atoms with Crippen LogP contribution in [0.15, 0.2) is 66.1 Å². The normalized spacial score (nSPS) is 12.2. The topological polar surface area (TPSA) is 71.3 Å². The highest BCUT2D eigenvalue weighted by molar-refractivity contribution is 7.98. The maximum absolute atomic E-state index is 6.33. The van der Waals surface area contributed by atoms with Crippen molar-refractivity contribution in [3.05, 3.63) is 71.5 Å². The lowest BCUT2D eigenvalue weighted by atomic mass is 10.2. The molecule has 1 aliphatic rings. The third kappa shape index (κ3) is 3.92. The molecule has 156 valence electrons. The van der Waals surface area contributed by atoms with Crippen molar-refractivity contribution in [2.24, 2.45) is 0 Å². The van der Waals surface area contributed by atoms with E-state index in [1.54, 1.807) is 31.3 Å². The molecule has 31 heavy (non-hydrogen) atoms. The van der Waals surface area contributed by atoms with E-state index < -0.39 is 0 Å². The van der Waals surface area contributed by atoms with Crippen LogP contribution in [0.4, 0.5) is 0 Å². The van der Waals surface area contributed by atoms with Crippen molar-refractivity contribution in [2.75, 3.05) is 13.9 Å². The third-order valence-electron chi connectivity index (χ3n) is 4.76. The largest absolute Gasteiger partial charge is 0.497 e. The summed E-state index contributed by atoms with van der Waals surface area (Å²) in [6.45, 7) is 0.187. The Labute approximate surface area is 188 Å². The summed E-state index contributed by atoms with van der Waals surface area (Å²) in [5.74, 6) is 3.42. The fourth-order valence-corrected chi connectivity index (χ4v) is 4.44. The molecule has 4 aromatic rings. The van der Waals surface area contributed by atoms with E-state index in [2.05, 4.69) is 15.2 Å². The fraction of sp³-hybridized carbons (Fsp3) is 0.136. The van der Waals surface area contributed by atoms with E-state index in [9.17, 15) is 0 Å². The van der Waals surface area contributed by atoms with Crippen LogP contribution in [0.5, 0.6) is 17.2 Å². The van der Waals surface area contributed by atoms with E-state index in [0.29, 0.717) is 22.3 Å². The Kier molecular flexibility index (Phi) is 5.40. The van der Waals surface area contributed by atoms with E-state index >= 15 is 0 Å². The molecule has 0 N–H and O–H groups in total. The molecular formula is C22H17ClN4O3S. The molecule has 0 bridgehead atoms. The number of thioether (sulfide) groups is 1. The number of benzene rings is 2. The van der Waals surface area contributed by atoms with Gasteiger partial charge in [-0.15, -0.1) is 10.2 Å². The molecule has 0 radical (unpaired) electrons. The van der Waals surface area contributed by atoms with Crippen LogP contribution in [-0.2, 0) is 5.75 Å². The van der Waals surface area contributed by atoms with E-state index in [4.69, 9.17) is 25.8 Å². The minimum Gasteiger partial charge on any atom is -0.497 e. The summed E-state index contributed by atoms with van der Waals surface area (Å²) >= 11 is 7.89. The molecular weight excluding hydrogens is 436 g/mol. The van der Waals surface area contributed by atoms with Gasteiger partial charge in [-0.25, -0.2) is 0 Å². The molecule has 1 aliphatic heterocycles. The number of pyridine rings is 1. The second kappa shape index (κ2) is 8.49. The van der Waals surface area contributed by atoms with Crippen molar-refractivity contribution >= 4 is 23.4 Å². The minimum absolute atomic E-state index is 0.187. The van der Waals surface area contributed by atoms with Gasteiger partial charge in [0.25, 0.3) is 0 Å². The Morgan fingerprint density at radius 2 is 1.87 bits per heavy atom. The van der Waals surface area contributed by atoms with Crippen LogP contribution < -0.4 is 14.2 Å². The maximum Gasteiger partial charge on any atom is 0.231 e. The number of hydrogen-bond acceptors (Lipinski definition) is 7. The molecule has 2 aromatic carbocycles. The van der Waals surface area contributed by atoms with Crippen molar-refractivity contribution in [3.8, 4) is 34.3 Å². The Morgan fingerprint density at radius 3 is 2.65 bits per heavy atom. The lowest BCUT2D eigenvalue weighted by Crippen LogP contribution is -2.00. The highest BCUT2D eigenvalue weighted by Gasteiger charge is 2.20. The molecule has 0 spiro atoms. The summed E-state index contributed by atoms with van der Waals surface area (Å²) < 4.78 is 18.2. The third-order valence-corrected chi connectivity index (χ3v) is 6.04. The van der Waals surface area contributed by atoms with Gasteiger partial charge in [0.15, 0.2) is 22.5 Å². The number of aromatic nitrogens is 4.